The average molecular weight is 246 g/mol. The largest absolute Gasteiger partial charge is 0.394 e. The third-order valence-corrected chi connectivity index (χ3v) is 2.48. The summed E-state index contributed by atoms with van der Waals surface area (Å²) in [7, 11) is 0. The van der Waals surface area contributed by atoms with E-state index in [2.05, 4.69) is 0 Å². The lowest BCUT2D eigenvalue weighted by Gasteiger charge is -2.25. The Bertz CT molecular complexity index is 210. The molecule has 0 heterocycles. The second kappa shape index (κ2) is 9.39. The lowest BCUT2D eigenvalue weighted by Crippen LogP contribution is -2.45. The van der Waals surface area contributed by atoms with Gasteiger partial charge in [0.25, 0.3) is 0 Å². The van der Waals surface area contributed by atoms with Crippen LogP contribution in [0.15, 0.2) is 0 Å². The summed E-state index contributed by atoms with van der Waals surface area (Å²) in [6.07, 6.45) is 0.701. The first-order valence-electron chi connectivity index (χ1n) is 6.25. The van der Waals surface area contributed by atoms with Gasteiger partial charge in [-0.1, -0.05) is 13.8 Å². The number of ether oxygens (including phenoxy) is 1. The molecule has 0 unspecified atom stereocenters. The van der Waals surface area contributed by atoms with Crippen LogP contribution in [0.4, 0.5) is 0 Å². The summed E-state index contributed by atoms with van der Waals surface area (Å²) in [5, 5.41) is 8.56. The molecule has 0 aromatic rings. The molecule has 0 aromatic carbocycles. The Morgan fingerprint density at radius 3 is 2.53 bits per heavy atom. The lowest BCUT2D eigenvalue weighted by atomic mass is 10.0. The molecule has 0 saturated heterocycles. The van der Waals surface area contributed by atoms with Crippen molar-refractivity contribution in [3.05, 3.63) is 0 Å². The van der Waals surface area contributed by atoms with E-state index < -0.39 is 6.04 Å². The molecule has 0 radical (unpaired) electrons. The molecule has 0 aliphatic heterocycles. The van der Waals surface area contributed by atoms with Gasteiger partial charge >= 0.3 is 0 Å². The monoisotopic (exact) mass is 246 g/mol. The normalized spacial score (nSPS) is 12.8. The summed E-state index contributed by atoms with van der Waals surface area (Å²) in [4.78, 5) is 13.7. The molecule has 0 bridgehead atoms. The van der Waals surface area contributed by atoms with Crippen LogP contribution < -0.4 is 5.73 Å². The summed E-state index contributed by atoms with van der Waals surface area (Å²) in [6.45, 7) is 7.94. The van der Waals surface area contributed by atoms with Gasteiger partial charge in [0.05, 0.1) is 25.9 Å². The minimum Gasteiger partial charge on any atom is -0.394 e. The van der Waals surface area contributed by atoms with Crippen molar-refractivity contribution in [1.82, 2.24) is 4.90 Å². The number of carbonyl (C=O) groups is 1. The van der Waals surface area contributed by atoms with Gasteiger partial charge in [0.2, 0.25) is 5.91 Å². The number of hydrogen-bond donors (Lipinski definition) is 2. The fraction of sp³-hybridized carbons (Fsp3) is 0.917. The molecule has 0 aliphatic carbocycles. The van der Waals surface area contributed by atoms with Crippen LogP contribution in [0, 0.1) is 5.92 Å². The van der Waals surface area contributed by atoms with E-state index in [4.69, 9.17) is 15.6 Å². The van der Waals surface area contributed by atoms with Crippen LogP contribution in [0.3, 0.4) is 0 Å². The van der Waals surface area contributed by atoms with Gasteiger partial charge in [-0.2, -0.15) is 0 Å². The number of carbonyl (C=O) groups excluding carboxylic acids is 1. The van der Waals surface area contributed by atoms with Crippen molar-refractivity contribution in [2.75, 3.05) is 32.9 Å². The number of rotatable bonds is 9. The molecule has 0 aromatic heterocycles. The van der Waals surface area contributed by atoms with Crippen molar-refractivity contribution >= 4 is 5.91 Å². The highest BCUT2D eigenvalue weighted by Gasteiger charge is 2.20. The predicted molar refractivity (Wildman–Crippen MR) is 67.6 cm³/mol. The van der Waals surface area contributed by atoms with E-state index in [-0.39, 0.29) is 12.5 Å². The average Bonchev–Trinajstić information content (AvgIpc) is 2.27. The Hall–Kier alpha value is -0.650. The summed E-state index contributed by atoms with van der Waals surface area (Å²) < 4.78 is 5.14. The maximum Gasteiger partial charge on any atom is 0.239 e. The fourth-order valence-electron chi connectivity index (χ4n) is 1.61. The Balaban J connectivity index is 4.02. The summed E-state index contributed by atoms with van der Waals surface area (Å²) >= 11 is 0. The van der Waals surface area contributed by atoms with Crippen molar-refractivity contribution in [3.8, 4) is 0 Å². The van der Waals surface area contributed by atoms with Crippen LogP contribution in [0.25, 0.3) is 0 Å². The van der Waals surface area contributed by atoms with E-state index in [9.17, 15) is 4.79 Å². The first-order valence-corrected chi connectivity index (χ1v) is 6.25. The Labute approximate surface area is 104 Å². The molecular weight excluding hydrogens is 220 g/mol. The van der Waals surface area contributed by atoms with E-state index >= 15 is 0 Å². The number of aliphatic hydroxyl groups excluding tert-OH is 1. The van der Waals surface area contributed by atoms with Crippen molar-refractivity contribution in [2.24, 2.45) is 11.7 Å². The third-order valence-electron chi connectivity index (χ3n) is 2.48. The second-order valence-corrected chi connectivity index (χ2v) is 4.49. The highest BCUT2D eigenvalue weighted by molar-refractivity contribution is 5.81. The van der Waals surface area contributed by atoms with Gasteiger partial charge in [-0.05, 0) is 19.3 Å². The molecule has 17 heavy (non-hydrogen) atoms. The number of nitrogens with zero attached hydrogens (tertiary/aromatic N) is 1. The van der Waals surface area contributed by atoms with E-state index in [0.29, 0.717) is 38.6 Å². The molecule has 0 fully saturated rings. The molecule has 5 heteroatoms. The molecule has 1 atom stereocenters. The molecule has 3 N–H and O–H groups in total. The lowest BCUT2D eigenvalue weighted by molar-refractivity contribution is -0.133. The zero-order valence-corrected chi connectivity index (χ0v) is 11.2. The maximum absolute atomic E-state index is 12.0. The van der Waals surface area contributed by atoms with Crippen molar-refractivity contribution in [3.63, 3.8) is 0 Å². The minimum atomic E-state index is -0.423. The van der Waals surface area contributed by atoms with Gasteiger partial charge in [-0.3, -0.25) is 4.79 Å². The van der Waals surface area contributed by atoms with Crippen LogP contribution in [0.5, 0.6) is 0 Å². The second-order valence-electron chi connectivity index (χ2n) is 4.49. The van der Waals surface area contributed by atoms with Gasteiger partial charge in [0.1, 0.15) is 0 Å². The molecule has 0 spiro atoms. The quantitative estimate of drug-likeness (QED) is 0.571. The van der Waals surface area contributed by atoms with Gasteiger partial charge in [-0.25, -0.2) is 0 Å². The van der Waals surface area contributed by atoms with Gasteiger partial charge in [0.15, 0.2) is 0 Å². The van der Waals surface area contributed by atoms with E-state index in [1.54, 1.807) is 4.90 Å². The van der Waals surface area contributed by atoms with Crippen LogP contribution in [0.1, 0.15) is 27.2 Å². The number of amides is 1. The standard InChI is InChI=1S/C12H26N2O3/c1-4-14(5-7-17-8-6-15)12(16)11(13)9-10(2)3/h10-11,15H,4-9,13H2,1-3H3/t11-/m1/s1. The Morgan fingerprint density at radius 2 is 2.06 bits per heavy atom. The minimum absolute atomic E-state index is 0.00688. The summed E-state index contributed by atoms with van der Waals surface area (Å²) in [5.41, 5.74) is 5.85. The maximum atomic E-state index is 12.0. The van der Waals surface area contributed by atoms with Gasteiger partial charge < -0.3 is 20.5 Å². The molecule has 0 rings (SSSR count). The number of aliphatic hydroxyl groups is 1. The van der Waals surface area contributed by atoms with Crippen molar-refractivity contribution in [1.29, 1.82) is 0 Å². The Kier molecular flexibility index (Phi) is 9.03. The van der Waals surface area contributed by atoms with Crippen LogP contribution in [-0.2, 0) is 9.53 Å². The zero-order chi connectivity index (χ0) is 13.3. The van der Waals surface area contributed by atoms with E-state index in [1.165, 1.54) is 0 Å². The van der Waals surface area contributed by atoms with Crippen LogP contribution >= 0.6 is 0 Å². The van der Waals surface area contributed by atoms with Crippen molar-refractivity contribution < 1.29 is 14.6 Å². The Morgan fingerprint density at radius 1 is 1.41 bits per heavy atom. The summed E-state index contributed by atoms with van der Waals surface area (Å²) in [5.74, 6) is 0.395. The van der Waals surface area contributed by atoms with Crippen LogP contribution in [-0.4, -0.2) is 54.9 Å². The SMILES string of the molecule is CCN(CCOCCO)C(=O)[C@H](N)CC(C)C. The molecule has 1 amide bonds. The first-order chi connectivity index (χ1) is 8.02. The molecular formula is C12H26N2O3. The highest BCUT2D eigenvalue weighted by atomic mass is 16.5. The number of likely N-dealkylation sites (N-methyl/N-ethyl adjacent to an activating group) is 1. The highest BCUT2D eigenvalue weighted by Crippen LogP contribution is 2.05. The van der Waals surface area contributed by atoms with E-state index in [1.807, 2.05) is 20.8 Å². The van der Waals surface area contributed by atoms with E-state index in [0.717, 1.165) is 0 Å². The van der Waals surface area contributed by atoms with Gasteiger partial charge in [0, 0.05) is 13.1 Å². The molecule has 5 nitrogen and oxygen atoms in total. The summed E-state index contributed by atoms with van der Waals surface area (Å²) in [6, 6.07) is -0.423. The number of hydrogen-bond acceptors (Lipinski definition) is 4. The molecule has 0 aliphatic rings. The molecule has 102 valence electrons. The van der Waals surface area contributed by atoms with Crippen LogP contribution in [0.2, 0.25) is 0 Å². The third kappa shape index (κ3) is 7.31. The zero-order valence-electron chi connectivity index (χ0n) is 11.2. The molecule has 0 saturated carbocycles. The fourth-order valence-corrected chi connectivity index (χ4v) is 1.61. The van der Waals surface area contributed by atoms with Crippen molar-refractivity contribution in [2.45, 2.75) is 33.2 Å². The smallest absolute Gasteiger partial charge is 0.239 e. The predicted octanol–water partition coefficient (Wildman–Crippen LogP) is 0.217. The number of nitrogens with two attached hydrogens (primary N) is 1. The topological polar surface area (TPSA) is 75.8 Å². The van der Waals surface area contributed by atoms with Gasteiger partial charge in [-0.15, -0.1) is 0 Å². The first kappa shape index (κ1) is 16.4.